The average Bonchev–Trinajstić information content (AvgIpc) is 2.59. The highest BCUT2D eigenvalue weighted by molar-refractivity contribution is 5.81. The topological polar surface area (TPSA) is 181 Å². The van der Waals surface area contributed by atoms with Gasteiger partial charge in [0.15, 0.2) is 12.2 Å². The molecule has 28 heavy (non-hydrogen) atoms. The number of carbonyl (C=O) groups is 4. The van der Waals surface area contributed by atoms with E-state index in [0.717, 1.165) is 27.9 Å². The third kappa shape index (κ3) is 5.61. The first-order valence-electron chi connectivity index (χ1n) is 8.32. The van der Waals surface area contributed by atoms with Crippen molar-refractivity contribution in [3.63, 3.8) is 0 Å². The Balaban J connectivity index is 3.38. The molecular weight excluding hydrogens is 382 g/mol. The van der Waals surface area contributed by atoms with Crippen LogP contribution in [0.25, 0.3) is 0 Å². The second-order valence-electron chi connectivity index (χ2n) is 6.17. The number of hydrogen-bond acceptors (Lipinski definition) is 12. The van der Waals surface area contributed by atoms with E-state index in [1.165, 1.54) is 0 Å². The van der Waals surface area contributed by atoms with E-state index in [-0.39, 0.29) is 0 Å². The van der Waals surface area contributed by atoms with Gasteiger partial charge in [-0.1, -0.05) is 0 Å². The zero-order valence-electron chi connectivity index (χ0n) is 15.9. The summed E-state index contributed by atoms with van der Waals surface area (Å²) in [6.45, 7) is 2.31. The predicted molar refractivity (Wildman–Crippen MR) is 88.2 cm³/mol. The molecule has 1 aliphatic heterocycles. The lowest BCUT2D eigenvalue weighted by Gasteiger charge is -2.46. The maximum Gasteiger partial charge on any atom is 0.379 e. The second-order valence-corrected chi connectivity index (χ2v) is 6.17. The Morgan fingerprint density at radius 2 is 1.71 bits per heavy atom. The van der Waals surface area contributed by atoms with Crippen LogP contribution in [0, 0.1) is 0 Å². The van der Waals surface area contributed by atoms with Crippen LogP contribution in [0.15, 0.2) is 0 Å². The second kappa shape index (κ2) is 9.78. The molecule has 160 valence electrons. The van der Waals surface area contributed by atoms with Crippen LogP contribution in [0.5, 0.6) is 0 Å². The Hall–Kier alpha value is -2.28. The summed E-state index contributed by atoms with van der Waals surface area (Å²) in [4.78, 5) is 46.6. The lowest BCUT2D eigenvalue weighted by atomic mass is 9.89. The Labute approximate surface area is 160 Å². The number of aliphatic hydroxyl groups excluding tert-OH is 2. The summed E-state index contributed by atoms with van der Waals surface area (Å²) in [6, 6.07) is -1.26. The van der Waals surface area contributed by atoms with E-state index >= 15 is 0 Å². The van der Waals surface area contributed by atoms with E-state index in [1.54, 1.807) is 0 Å². The first-order chi connectivity index (χ1) is 13.0. The van der Waals surface area contributed by atoms with E-state index in [0.29, 0.717) is 0 Å². The van der Waals surface area contributed by atoms with E-state index in [4.69, 9.17) is 24.7 Å². The number of hydrogen-bond donors (Lipinski definition) is 3. The van der Waals surface area contributed by atoms with Gasteiger partial charge in [0.1, 0.15) is 6.10 Å². The van der Waals surface area contributed by atoms with Gasteiger partial charge in [0, 0.05) is 20.8 Å². The Kier molecular flexibility index (Phi) is 8.29. The van der Waals surface area contributed by atoms with Crippen molar-refractivity contribution in [1.82, 2.24) is 0 Å². The molecule has 12 heteroatoms. The standard InChI is InChI=1S/C16H25NO11/c1-7(19)25-11(6-18)13(26-8(2)20)14-12(17)10(22)5-16(28-14,15(23)24-4)27-9(3)21/h10-14,18,22H,5-6,17H2,1-4H3/t10?,11-,12?,13-,14?,16?/m1/s1. The molecule has 0 spiro atoms. The monoisotopic (exact) mass is 407 g/mol. The number of esters is 4. The normalized spacial score (nSPS) is 29.2. The van der Waals surface area contributed by atoms with E-state index in [9.17, 15) is 29.4 Å². The van der Waals surface area contributed by atoms with Gasteiger partial charge in [-0.15, -0.1) is 0 Å². The highest BCUT2D eigenvalue weighted by Crippen LogP contribution is 2.34. The lowest BCUT2D eigenvalue weighted by Crippen LogP contribution is -2.67. The van der Waals surface area contributed by atoms with E-state index in [1.807, 2.05) is 0 Å². The fourth-order valence-corrected chi connectivity index (χ4v) is 2.86. The maximum atomic E-state index is 12.3. The molecule has 12 nitrogen and oxygen atoms in total. The summed E-state index contributed by atoms with van der Waals surface area (Å²) < 4.78 is 25.2. The molecule has 0 saturated carbocycles. The minimum Gasteiger partial charge on any atom is -0.464 e. The van der Waals surface area contributed by atoms with Gasteiger partial charge in [0.2, 0.25) is 0 Å². The van der Waals surface area contributed by atoms with Crippen molar-refractivity contribution in [2.24, 2.45) is 5.73 Å². The van der Waals surface area contributed by atoms with Crippen LogP contribution < -0.4 is 5.73 Å². The smallest absolute Gasteiger partial charge is 0.379 e. The van der Waals surface area contributed by atoms with Crippen molar-refractivity contribution < 1.29 is 53.1 Å². The first kappa shape index (κ1) is 23.8. The summed E-state index contributed by atoms with van der Waals surface area (Å²) in [5, 5.41) is 19.9. The van der Waals surface area contributed by atoms with Gasteiger partial charge in [-0.25, -0.2) is 4.79 Å². The average molecular weight is 407 g/mol. The third-order valence-corrected chi connectivity index (χ3v) is 3.92. The largest absolute Gasteiger partial charge is 0.464 e. The minimum absolute atomic E-state index is 0.554. The number of methoxy groups -OCH3 is 1. The van der Waals surface area contributed by atoms with Crippen molar-refractivity contribution in [2.75, 3.05) is 13.7 Å². The van der Waals surface area contributed by atoms with Crippen LogP contribution in [0.4, 0.5) is 0 Å². The molecule has 1 aliphatic rings. The van der Waals surface area contributed by atoms with Gasteiger partial charge in [-0.05, 0) is 0 Å². The van der Waals surface area contributed by atoms with Crippen molar-refractivity contribution in [3.8, 4) is 0 Å². The van der Waals surface area contributed by atoms with Crippen LogP contribution in [0.2, 0.25) is 0 Å². The molecule has 4 N–H and O–H groups in total. The molecule has 6 atom stereocenters. The molecule has 4 unspecified atom stereocenters. The summed E-state index contributed by atoms with van der Waals surface area (Å²) >= 11 is 0. The van der Waals surface area contributed by atoms with Crippen LogP contribution in [-0.2, 0) is 42.9 Å². The Bertz CT molecular complexity index is 609. The summed E-state index contributed by atoms with van der Waals surface area (Å²) in [5.41, 5.74) is 5.93. The van der Waals surface area contributed by atoms with Gasteiger partial charge in [0.25, 0.3) is 0 Å². The minimum atomic E-state index is -2.38. The van der Waals surface area contributed by atoms with Gasteiger partial charge < -0.3 is 39.6 Å². The molecule has 1 fully saturated rings. The van der Waals surface area contributed by atoms with Crippen LogP contribution in [-0.4, -0.2) is 84.1 Å². The van der Waals surface area contributed by atoms with Gasteiger partial charge in [0.05, 0.1) is 32.3 Å². The van der Waals surface area contributed by atoms with Crippen LogP contribution >= 0.6 is 0 Å². The molecule has 0 radical (unpaired) electrons. The lowest BCUT2D eigenvalue weighted by molar-refractivity contribution is -0.301. The molecule has 0 bridgehead atoms. The zero-order valence-corrected chi connectivity index (χ0v) is 15.9. The fraction of sp³-hybridized carbons (Fsp3) is 0.750. The van der Waals surface area contributed by atoms with Crippen LogP contribution in [0.3, 0.4) is 0 Å². The highest BCUT2D eigenvalue weighted by Gasteiger charge is 2.57. The maximum absolute atomic E-state index is 12.3. The Morgan fingerprint density at radius 1 is 1.14 bits per heavy atom. The van der Waals surface area contributed by atoms with Crippen molar-refractivity contribution in [2.45, 2.75) is 63.4 Å². The molecule has 1 heterocycles. The summed E-state index contributed by atoms with van der Waals surface area (Å²) in [6.07, 6.45) is -6.50. The SMILES string of the molecule is COC(=O)C1(OC(C)=O)CC(O)C(N)C([C@H](OC(C)=O)[C@@H](CO)OC(C)=O)O1. The van der Waals surface area contributed by atoms with Gasteiger partial charge >= 0.3 is 29.7 Å². The third-order valence-electron chi connectivity index (χ3n) is 3.92. The fourth-order valence-electron chi connectivity index (χ4n) is 2.86. The number of rotatable bonds is 7. The first-order valence-corrected chi connectivity index (χ1v) is 8.32. The Morgan fingerprint density at radius 3 is 2.14 bits per heavy atom. The van der Waals surface area contributed by atoms with Crippen molar-refractivity contribution >= 4 is 23.9 Å². The predicted octanol–water partition coefficient (Wildman–Crippen LogP) is -2.25. The molecule has 0 aromatic heterocycles. The molecule has 0 aromatic carbocycles. The highest BCUT2D eigenvalue weighted by atomic mass is 16.8. The molecule has 0 amide bonds. The van der Waals surface area contributed by atoms with Crippen LogP contribution in [0.1, 0.15) is 27.2 Å². The number of aliphatic hydroxyl groups is 2. The number of carbonyl (C=O) groups excluding carboxylic acids is 4. The molecule has 1 rings (SSSR count). The summed E-state index contributed by atoms with van der Waals surface area (Å²) in [5.74, 6) is -6.10. The molecule has 0 aromatic rings. The number of nitrogens with two attached hydrogens (primary N) is 1. The van der Waals surface area contributed by atoms with Crippen molar-refractivity contribution in [1.29, 1.82) is 0 Å². The molecule has 1 saturated heterocycles. The van der Waals surface area contributed by atoms with E-state index < -0.39 is 73.1 Å². The van der Waals surface area contributed by atoms with E-state index in [2.05, 4.69) is 4.74 Å². The summed E-state index contributed by atoms with van der Waals surface area (Å²) in [7, 11) is 1.01. The quantitative estimate of drug-likeness (QED) is 0.305. The van der Waals surface area contributed by atoms with Gasteiger partial charge in [-0.2, -0.15) is 0 Å². The molecular formula is C16H25NO11. The van der Waals surface area contributed by atoms with Crippen molar-refractivity contribution in [3.05, 3.63) is 0 Å². The zero-order chi connectivity index (χ0) is 21.6. The van der Waals surface area contributed by atoms with Gasteiger partial charge in [-0.3, -0.25) is 14.4 Å². The number of ether oxygens (including phenoxy) is 5. The molecule has 0 aliphatic carbocycles.